The predicted molar refractivity (Wildman–Crippen MR) is 53.1 cm³/mol. The molecule has 0 bridgehead atoms. The van der Waals surface area contributed by atoms with Crippen molar-refractivity contribution in [2.45, 2.75) is 38.6 Å². The molecule has 0 saturated carbocycles. The fourth-order valence-electron chi connectivity index (χ4n) is 1.96. The number of carbonyl (C=O) groups excluding carboxylic acids is 1. The molecule has 1 aromatic rings. The standard InChI is InChI=1S/C9H15N5O/c1-7-5-3-2-4-6-14(7)9(15)8-10-12-13-11-8/h7H,2-6H2,1H3,(H,10,11,12,13). The summed E-state index contributed by atoms with van der Waals surface area (Å²) in [5.74, 6) is 0.0573. The van der Waals surface area contributed by atoms with Gasteiger partial charge in [-0.15, -0.1) is 10.2 Å². The van der Waals surface area contributed by atoms with Gasteiger partial charge in [0.1, 0.15) is 0 Å². The van der Waals surface area contributed by atoms with Crippen LogP contribution in [0.15, 0.2) is 0 Å². The number of hydrogen-bond donors (Lipinski definition) is 1. The zero-order valence-electron chi connectivity index (χ0n) is 8.81. The van der Waals surface area contributed by atoms with Gasteiger partial charge in [0.05, 0.1) is 0 Å². The second kappa shape index (κ2) is 4.37. The molecule has 1 N–H and O–H groups in total. The Kier molecular flexibility index (Phi) is 2.94. The minimum absolute atomic E-state index is 0.113. The lowest BCUT2D eigenvalue weighted by atomic mass is 10.1. The van der Waals surface area contributed by atoms with Gasteiger partial charge < -0.3 is 4.90 Å². The highest BCUT2D eigenvalue weighted by atomic mass is 16.2. The molecule has 1 amide bonds. The zero-order chi connectivity index (χ0) is 10.7. The largest absolute Gasteiger partial charge is 0.333 e. The van der Waals surface area contributed by atoms with Gasteiger partial charge in [-0.25, -0.2) is 0 Å². The summed E-state index contributed by atoms with van der Waals surface area (Å²) in [5, 5.41) is 13.1. The summed E-state index contributed by atoms with van der Waals surface area (Å²) in [4.78, 5) is 13.8. The number of rotatable bonds is 1. The van der Waals surface area contributed by atoms with E-state index in [4.69, 9.17) is 0 Å². The van der Waals surface area contributed by atoms with E-state index in [-0.39, 0.29) is 17.8 Å². The monoisotopic (exact) mass is 209 g/mol. The molecule has 6 heteroatoms. The Bertz CT molecular complexity index is 323. The number of H-pyrrole nitrogens is 1. The summed E-state index contributed by atoms with van der Waals surface area (Å²) >= 11 is 0. The number of aromatic nitrogens is 4. The first-order chi connectivity index (χ1) is 7.29. The Hall–Kier alpha value is -1.46. The van der Waals surface area contributed by atoms with E-state index in [1.54, 1.807) is 0 Å². The van der Waals surface area contributed by atoms with E-state index in [0.717, 1.165) is 19.4 Å². The topological polar surface area (TPSA) is 74.8 Å². The quantitative estimate of drug-likeness (QED) is 0.735. The van der Waals surface area contributed by atoms with E-state index >= 15 is 0 Å². The minimum Gasteiger partial charge on any atom is -0.333 e. The van der Waals surface area contributed by atoms with Crippen molar-refractivity contribution in [3.63, 3.8) is 0 Å². The number of nitrogens with one attached hydrogen (secondary N) is 1. The van der Waals surface area contributed by atoms with E-state index in [0.29, 0.717) is 0 Å². The van der Waals surface area contributed by atoms with Crippen LogP contribution in [0, 0.1) is 0 Å². The normalized spacial score (nSPS) is 22.5. The van der Waals surface area contributed by atoms with E-state index in [1.807, 2.05) is 4.90 Å². The van der Waals surface area contributed by atoms with Crippen molar-refractivity contribution in [2.24, 2.45) is 0 Å². The lowest BCUT2D eigenvalue weighted by Gasteiger charge is -2.25. The van der Waals surface area contributed by atoms with Gasteiger partial charge in [0, 0.05) is 12.6 Å². The first-order valence-electron chi connectivity index (χ1n) is 5.33. The molecular weight excluding hydrogens is 194 g/mol. The summed E-state index contributed by atoms with van der Waals surface area (Å²) in [6.07, 6.45) is 4.51. The number of likely N-dealkylation sites (tertiary alicyclic amines) is 1. The Labute approximate surface area is 88.0 Å². The van der Waals surface area contributed by atoms with Crippen LogP contribution in [0.2, 0.25) is 0 Å². The number of nitrogens with zero attached hydrogens (tertiary/aromatic N) is 4. The Morgan fingerprint density at radius 2 is 2.33 bits per heavy atom. The highest BCUT2D eigenvalue weighted by Gasteiger charge is 2.25. The van der Waals surface area contributed by atoms with Crippen LogP contribution >= 0.6 is 0 Å². The van der Waals surface area contributed by atoms with Crippen molar-refractivity contribution in [2.75, 3.05) is 6.54 Å². The Morgan fingerprint density at radius 1 is 1.47 bits per heavy atom. The number of tetrazole rings is 1. The van der Waals surface area contributed by atoms with Crippen molar-refractivity contribution >= 4 is 5.91 Å². The molecule has 1 atom stereocenters. The fraction of sp³-hybridized carbons (Fsp3) is 0.778. The van der Waals surface area contributed by atoms with Crippen molar-refractivity contribution in [3.05, 3.63) is 5.82 Å². The first-order valence-corrected chi connectivity index (χ1v) is 5.33. The number of aromatic amines is 1. The third-order valence-corrected chi connectivity index (χ3v) is 2.85. The van der Waals surface area contributed by atoms with Crippen molar-refractivity contribution < 1.29 is 4.79 Å². The van der Waals surface area contributed by atoms with Crippen molar-refractivity contribution in [1.29, 1.82) is 0 Å². The predicted octanol–water partition coefficient (Wildman–Crippen LogP) is 0.604. The lowest BCUT2D eigenvalue weighted by Crippen LogP contribution is -2.38. The van der Waals surface area contributed by atoms with Crippen LogP contribution in [0.5, 0.6) is 0 Å². The smallest absolute Gasteiger partial charge is 0.295 e. The third-order valence-electron chi connectivity index (χ3n) is 2.85. The van der Waals surface area contributed by atoms with Gasteiger partial charge in [0.15, 0.2) is 0 Å². The molecule has 0 aromatic carbocycles. The molecule has 2 rings (SSSR count). The third kappa shape index (κ3) is 2.14. The summed E-state index contributed by atoms with van der Waals surface area (Å²) < 4.78 is 0. The molecule has 0 radical (unpaired) electrons. The second-order valence-corrected chi connectivity index (χ2v) is 3.93. The lowest BCUT2D eigenvalue weighted by molar-refractivity contribution is 0.0685. The van der Waals surface area contributed by atoms with Crippen LogP contribution in [0.3, 0.4) is 0 Å². The highest BCUT2D eigenvalue weighted by molar-refractivity contribution is 5.90. The van der Waals surface area contributed by atoms with Crippen LogP contribution in [-0.4, -0.2) is 44.0 Å². The molecule has 15 heavy (non-hydrogen) atoms. The summed E-state index contributed by atoms with van der Waals surface area (Å²) in [6.45, 7) is 2.87. The highest BCUT2D eigenvalue weighted by Crippen LogP contribution is 2.17. The molecule has 82 valence electrons. The maximum Gasteiger partial charge on any atom is 0.295 e. The number of amides is 1. The molecule has 1 aliphatic heterocycles. The SMILES string of the molecule is CC1CCCCCN1C(=O)c1nn[nH]n1. The van der Waals surface area contributed by atoms with Crippen LogP contribution in [0.4, 0.5) is 0 Å². The maximum absolute atomic E-state index is 12.0. The molecule has 0 aliphatic carbocycles. The number of hydrogen-bond acceptors (Lipinski definition) is 4. The van der Waals surface area contributed by atoms with Crippen molar-refractivity contribution in [3.8, 4) is 0 Å². The van der Waals surface area contributed by atoms with Gasteiger partial charge in [-0.3, -0.25) is 4.79 Å². The average Bonchev–Trinajstić information content (AvgIpc) is 2.68. The molecule has 1 fully saturated rings. The Morgan fingerprint density at radius 3 is 3.07 bits per heavy atom. The van der Waals surface area contributed by atoms with Crippen LogP contribution in [0.25, 0.3) is 0 Å². The molecule has 1 saturated heterocycles. The van der Waals surface area contributed by atoms with Crippen LogP contribution in [-0.2, 0) is 0 Å². The molecular formula is C9H15N5O. The van der Waals surface area contributed by atoms with E-state index < -0.39 is 0 Å². The van der Waals surface area contributed by atoms with Crippen LogP contribution in [0.1, 0.15) is 43.2 Å². The molecule has 1 aromatic heterocycles. The molecule has 2 heterocycles. The van der Waals surface area contributed by atoms with Crippen molar-refractivity contribution in [1.82, 2.24) is 25.5 Å². The van der Waals surface area contributed by atoms with Gasteiger partial charge in [-0.2, -0.15) is 5.21 Å². The zero-order valence-corrected chi connectivity index (χ0v) is 8.81. The van der Waals surface area contributed by atoms with Gasteiger partial charge >= 0.3 is 0 Å². The second-order valence-electron chi connectivity index (χ2n) is 3.93. The Balaban J connectivity index is 2.11. The minimum atomic E-state index is -0.113. The van der Waals surface area contributed by atoms with E-state index in [9.17, 15) is 4.79 Å². The molecule has 1 aliphatic rings. The summed E-state index contributed by atoms with van der Waals surface area (Å²) in [6, 6.07) is 0.276. The first kappa shape index (κ1) is 10.1. The van der Waals surface area contributed by atoms with Gasteiger partial charge in [-0.1, -0.05) is 12.8 Å². The summed E-state index contributed by atoms with van der Waals surface area (Å²) in [7, 11) is 0. The van der Waals surface area contributed by atoms with E-state index in [2.05, 4.69) is 27.5 Å². The number of carbonyl (C=O) groups is 1. The van der Waals surface area contributed by atoms with Gasteiger partial charge in [0.2, 0.25) is 0 Å². The van der Waals surface area contributed by atoms with Gasteiger partial charge in [0.25, 0.3) is 11.7 Å². The van der Waals surface area contributed by atoms with E-state index in [1.165, 1.54) is 12.8 Å². The molecule has 6 nitrogen and oxygen atoms in total. The van der Waals surface area contributed by atoms with Gasteiger partial charge in [-0.05, 0) is 25.0 Å². The maximum atomic E-state index is 12.0. The average molecular weight is 209 g/mol. The fourth-order valence-corrected chi connectivity index (χ4v) is 1.96. The molecule has 0 spiro atoms. The molecule has 1 unspecified atom stereocenters. The summed E-state index contributed by atoms with van der Waals surface area (Å²) in [5.41, 5.74) is 0. The van der Waals surface area contributed by atoms with Crippen LogP contribution < -0.4 is 0 Å².